The van der Waals surface area contributed by atoms with Gasteiger partial charge in [-0.15, -0.1) is 11.3 Å². The van der Waals surface area contributed by atoms with Crippen molar-refractivity contribution in [3.63, 3.8) is 0 Å². The normalized spacial score (nSPS) is 12.2. The molecule has 0 amide bonds. The average Bonchev–Trinajstić information content (AvgIpc) is 2.59. The molecule has 0 unspecified atom stereocenters. The summed E-state index contributed by atoms with van der Waals surface area (Å²) in [5.41, 5.74) is 0.976. The molecule has 0 radical (unpaired) electrons. The van der Waals surface area contributed by atoms with Crippen molar-refractivity contribution >= 4 is 21.2 Å². The predicted octanol–water partition coefficient (Wildman–Crippen LogP) is 1.36. The lowest BCUT2D eigenvalue weighted by atomic mass is 10.5. The molecule has 0 bridgehead atoms. The molecule has 0 aliphatic heterocycles. The Hall–Kier alpha value is -0.460. The van der Waals surface area contributed by atoms with E-state index in [1.54, 1.807) is 25.2 Å². The van der Waals surface area contributed by atoms with Crippen LogP contribution in [-0.4, -0.2) is 30.9 Å². The highest BCUT2D eigenvalue weighted by atomic mass is 32.2. The van der Waals surface area contributed by atoms with Crippen molar-refractivity contribution in [3.8, 4) is 0 Å². The van der Waals surface area contributed by atoms with E-state index in [1.807, 2.05) is 12.3 Å². The average molecular weight is 262 g/mol. The lowest BCUT2D eigenvalue weighted by Gasteiger charge is -2.07. The van der Waals surface area contributed by atoms with Gasteiger partial charge in [-0.2, -0.15) is 0 Å². The summed E-state index contributed by atoms with van der Waals surface area (Å²) in [7, 11) is -2.93. The fraction of sp³-hybridized carbons (Fsp3) is 0.700. The number of thiazole rings is 1. The maximum Gasteiger partial charge on any atom is 0.153 e. The Morgan fingerprint density at radius 2 is 2.19 bits per heavy atom. The molecule has 1 aromatic rings. The smallest absolute Gasteiger partial charge is 0.153 e. The third kappa shape index (κ3) is 4.19. The number of hydrogen-bond acceptors (Lipinski definition) is 5. The molecule has 1 heterocycles. The number of nitrogens with zero attached hydrogens (tertiary/aromatic N) is 1. The number of aryl methyl sites for hydroxylation is 1. The summed E-state index contributed by atoms with van der Waals surface area (Å²) in [6, 6.07) is 0. The second kappa shape index (κ2) is 5.75. The molecule has 16 heavy (non-hydrogen) atoms. The maximum atomic E-state index is 11.5. The Labute approximate surface area is 101 Å². The highest BCUT2D eigenvalue weighted by Crippen LogP contribution is 2.07. The first-order valence-electron chi connectivity index (χ1n) is 5.25. The molecule has 0 saturated heterocycles. The van der Waals surface area contributed by atoms with Crippen LogP contribution < -0.4 is 5.32 Å². The van der Waals surface area contributed by atoms with Gasteiger partial charge in [0.25, 0.3) is 0 Å². The Balaban J connectivity index is 2.27. The Morgan fingerprint density at radius 3 is 2.69 bits per heavy atom. The van der Waals surface area contributed by atoms with Gasteiger partial charge in [0, 0.05) is 18.5 Å². The number of sulfone groups is 1. The molecule has 0 aliphatic rings. The van der Waals surface area contributed by atoms with E-state index in [9.17, 15) is 8.42 Å². The number of hydrogen-bond donors (Lipinski definition) is 1. The SMILES string of the molecule is Cc1nc(CNCCS(=O)(=O)C(C)C)cs1. The van der Waals surface area contributed by atoms with Crippen LogP contribution in [0.3, 0.4) is 0 Å². The van der Waals surface area contributed by atoms with E-state index in [2.05, 4.69) is 10.3 Å². The Morgan fingerprint density at radius 1 is 1.50 bits per heavy atom. The molecular weight excluding hydrogens is 244 g/mol. The summed E-state index contributed by atoms with van der Waals surface area (Å²) in [5.74, 6) is 0.188. The van der Waals surface area contributed by atoms with E-state index < -0.39 is 9.84 Å². The first-order valence-corrected chi connectivity index (χ1v) is 7.84. The van der Waals surface area contributed by atoms with Crippen LogP contribution in [0.15, 0.2) is 5.38 Å². The predicted molar refractivity (Wildman–Crippen MR) is 67.5 cm³/mol. The zero-order chi connectivity index (χ0) is 12.2. The van der Waals surface area contributed by atoms with Gasteiger partial charge in [0.2, 0.25) is 0 Å². The summed E-state index contributed by atoms with van der Waals surface area (Å²) < 4.78 is 23.0. The minimum Gasteiger partial charge on any atom is -0.310 e. The lowest BCUT2D eigenvalue weighted by molar-refractivity contribution is 0.581. The molecule has 1 rings (SSSR count). The molecule has 1 N–H and O–H groups in total. The van der Waals surface area contributed by atoms with Gasteiger partial charge in [0.15, 0.2) is 9.84 Å². The van der Waals surface area contributed by atoms with Gasteiger partial charge in [0.1, 0.15) is 0 Å². The van der Waals surface area contributed by atoms with Crippen LogP contribution in [0, 0.1) is 6.92 Å². The van der Waals surface area contributed by atoms with E-state index >= 15 is 0 Å². The van der Waals surface area contributed by atoms with Crippen LogP contribution in [-0.2, 0) is 16.4 Å². The highest BCUT2D eigenvalue weighted by molar-refractivity contribution is 7.92. The molecular formula is C10H18N2O2S2. The molecule has 92 valence electrons. The summed E-state index contributed by atoms with van der Waals surface area (Å²) in [6.07, 6.45) is 0. The summed E-state index contributed by atoms with van der Waals surface area (Å²) in [6.45, 7) is 6.49. The molecule has 0 aromatic carbocycles. The number of rotatable bonds is 6. The van der Waals surface area contributed by atoms with Gasteiger partial charge in [-0.1, -0.05) is 0 Å². The van der Waals surface area contributed by atoms with Gasteiger partial charge in [-0.25, -0.2) is 13.4 Å². The van der Waals surface area contributed by atoms with Crippen molar-refractivity contribution < 1.29 is 8.42 Å². The first-order chi connectivity index (χ1) is 7.42. The van der Waals surface area contributed by atoms with Crippen molar-refractivity contribution in [2.45, 2.75) is 32.6 Å². The van der Waals surface area contributed by atoms with Crippen molar-refractivity contribution in [2.24, 2.45) is 0 Å². The van der Waals surface area contributed by atoms with Crippen molar-refractivity contribution in [1.82, 2.24) is 10.3 Å². The summed E-state index contributed by atoms with van der Waals surface area (Å²) in [5, 5.41) is 5.81. The van der Waals surface area contributed by atoms with Crippen molar-refractivity contribution in [3.05, 3.63) is 16.1 Å². The van der Waals surface area contributed by atoms with Crippen LogP contribution in [0.4, 0.5) is 0 Å². The fourth-order valence-electron chi connectivity index (χ4n) is 1.16. The summed E-state index contributed by atoms with van der Waals surface area (Å²) in [4.78, 5) is 4.29. The van der Waals surface area contributed by atoms with Crippen molar-refractivity contribution in [1.29, 1.82) is 0 Å². The topological polar surface area (TPSA) is 59.1 Å². The Bertz CT molecular complexity index is 424. The largest absolute Gasteiger partial charge is 0.310 e. The van der Waals surface area contributed by atoms with E-state index in [1.165, 1.54) is 0 Å². The molecule has 6 heteroatoms. The molecule has 0 fully saturated rings. The Kier molecular flexibility index (Phi) is 4.89. The van der Waals surface area contributed by atoms with Crippen LogP contribution in [0.1, 0.15) is 24.5 Å². The van der Waals surface area contributed by atoms with E-state index in [-0.39, 0.29) is 11.0 Å². The third-order valence-electron chi connectivity index (χ3n) is 2.25. The second-order valence-corrected chi connectivity index (χ2v) is 7.69. The van der Waals surface area contributed by atoms with Gasteiger partial charge < -0.3 is 5.32 Å². The number of aromatic nitrogens is 1. The van der Waals surface area contributed by atoms with Gasteiger partial charge >= 0.3 is 0 Å². The van der Waals surface area contributed by atoms with Crippen LogP contribution in [0.5, 0.6) is 0 Å². The van der Waals surface area contributed by atoms with E-state index in [0.29, 0.717) is 13.1 Å². The quantitative estimate of drug-likeness (QED) is 0.787. The molecule has 0 aliphatic carbocycles. The van der Waals surface area contributed by atoms with Crippen LogP contribution in [0.2, 0.25) is 0 Å². The standard InChI is InChI=1S/C10H18N2O2S2/c1-8(2)16(13,14)5-4-11-6-10-7-15-9(3)12-10/h7-8,11H,4-6H2,1-3H3. The van der Waals surface area contributed by atoms with Gasteiger partial charge in [-0.05, 0) is 20.8 Å². The van der Waals surface area contributed by atoms with E-state index in [0.717, 1.165) is 10.7 Å². The zero-order valence-corrected chi connectivity index (χ0v) is 11.5. The monoisotopic (exact) mass is 262 g/mol. The van der Waals surface area contributed by atoms with E-state index in [4.69, 9.17) is 0 Å². The zero-order valence-electron chi connectivity index (χ0n) is 9.86. The molecule has 1 aromatic heterocycles. The fourth-order valence-corrected chi connectivity index (χ4v) is 2.67. The van der Waals surface area contributed by atoms with Crippen molar-refractivity contribution in [2.75, 3.05) is 12.3 Å². The van der Waals surface area contributed by atoms with Gasteiger partial charge in [0.05, 0.1) is 21.7 Å². The molecule has 0 atom stereocenters. The molecule has 0 spiro atoms. The minimum atomic E-state index is -2.93. The third-order valence-corrected chi connectivity index (χ3v) is 5.29. The number of nitrogens with one attached hydrogen (secondary N) is 1. The van der Waals surface area contributed by atoms with Gasteiger partial charge in [-0.3, -0.25) is 0 Å². The van der Waals surface area contributed by atoms with Crippen LogP contribution in [0.25, 0.3) is 0 Å². The first kappa shape index (κ1) is 13.6. The maximum absolute atomic E-state index is 11.5. The van der Waals surface area contributed by atoms with Crippen LogP contribution >= 0.6 is 11.3 Å². The molecule has 0 saturated carbocycles. The summed E-state index contributed by atoms with van der Waals surface area (Å²) >= 11 is 1.60. The minimum absolute atomic E-state index is 0.188. The highest BCUT2D eigenvalue weighted by Gasteiger charge is 2.14. The molecule has 4 nitrogen and oxygen atoms in total. The lowest BCUT2D eigenvalue weighted by Crippen LogP contribution is -2.27. The second-order valence-electron chi connectivity index (χ2n) is 3.95.